The molecule has 0 aliphatic carbocycles. The number of hydrogen-bond donors (Lipinski definition) is 2. The van der Waals surface area contributed by atoms with Gasteiger partial charge in [-0.15, -0.1) is 0 Å². The maximum atomic E-state index is 12.4. The molecule has 3 aromatic rings. The smallest absolute Gasteiger partial charge is 0.265 e. The lowest BCUT2D eigenvalue weighted by Gasteiger charge is -2.11. The van der Waals surface area contributed by atoms with Crippen LogP contribution in [0.3, 0.4) is 0 Å². The molecule has 4 rings (SSSR count). The Bertz CT molecular complexity index is 800. The molecule has 5 heteroatoms. The lowest BCUT2D eigenvalue weighted by atomic mass is 10.1. The summed E-state index contributed by atoms with van der Waals surface area (Å²) in [5.74, 6) is 0.644. The van der Waals surface area contributed by atoms with Crippen LogP contribution in [0.1, 0.15) is 5.56 Å². The molecule has 1 aromatic heterocycles. The molecular formula is C16H13N3O2. The minimum absolute atomic E-state index is 0.145. The van der Waals surface area contributed by atoms with Gasteiger partial charge in [-0.2, -0.15) is 5.10 Å². The number of amides is 1. The molecule has 2 aromatic carbocycles. The number of H-pyrrole nitrogens is 1. The predicted octanol–water partition coefficient (Wildman–Crippen LogP) is 2.51. The standard InChI is InChI=1S/C16H13N3O2/c20-16(14-8-10-4-1-2-7-13(10)21-14)18-12-6-3-5-11-9-17-19-15(11)12/h1-7,9,14H,8H2,(H,17,19)(H,18,20)/t14-/m0/s1. The second-order valence-electron chi connectivity index (χ2n) is 5.05. The van der Waals surface area contributed by atoms with E-state index < -0.39 is 6.10 Å². The molecule has 21 heavy (non-hydrogen) atoms. The van der Waals surface area contributed by atoms with Gasteiger partial charge in [0, 0.05) is 11.8 Å². The first kappa shape index (κ1) is 12.0. The Hall–Kier alpha value is -2.82. The van der Waals surface area contributed by atoms with Crippen LogP contribution in [0, 0.1) is 0 Å². The molecule has 0 fully saturated rings. The van der Waals surface area contributed by atoms with E-state index in [0.717, 1.165) is 27.9 Å². The molecule has 0 unspecified atom stereocenters. The minimum atomic E-state index is -0.486. The van der Waals surface area contributed by atoms with Gasteiger partial charge >= 0.3 is 0 Å². The van der Waals surface area contributed by atoms with E-state index in [1.54, 1.807) is 6.20 Å². The van der Waals surface area contributed by atoms with Crippen molar-refractivity contribution in [1.82, 2.24) is 10.2 Å². The summed E-state index contributed by atoms with van der Waals surface area (Å²) in [4.78, 5) is 12.4. The minimum Gasteiger partial charge on any atom is -0.480 e. The van der Waals surface area contributed by atoms with E-state index in [4.69, 9.17) is 4.74 Å². The largest absolute Gasteiger partial charge is 0.480 e. The monoisotopic (exact) mass is 279 g/mol. The summed E-state index contributed by atoms with van der Waals surface area (Å²) in [6.07, 6.45) is 1.84. The maximum Gasteiger partial charge on any atom is 0.265 e. The molecule has 1 amide bonds. The van der Waals surface area contributed by atoms with Gasteiger partial charge in [-0.05, 0) is 17.7 Å². The molecule has 0 saturated carbocycles. The fraction of sp³-hybridized carbons (Fsp3) is 0.125. The molecule has 0 bridgehead atoms. The maximum absolute atomic E-state index is 12.4. The first-order valence-electron chi connectivity index (χ1n) is 6.79. The van der Waals surface area contributed by atoms with Crippen LogP contribution < -0.4 is 10.1 Å². The van der Waals surface area contributed by atoms with Crippen LogP contribution in [0.15, 0.2) is 48.7 Å². The number of rotatable bonds is 2. The van der Waals surface area contributed by atoms with Gasteiger partial charge in [0.05, 0.1) is 17.4 Å². The molecule has 0 radical (unpaired) electrons. The van der Waals surface area contributed by atoms with E-state index in [2.05, 4.69) is 15.5 Å². The molecule has 1 aliphatic rings. The molecule has 0 saturated heterocycles. The second kappa shape index (κ2) is 4.63. The molecular weight excluding hydrogens is 266 g/mol. The van der Waals surface area contributed by atoms with Crippen molar-refractivity contribution in [1.29, 1.82) is 0 Å². The Balaban J connectivity index is 1.56. The average molecular weight is 279 g/mol. The zero-order chi connectivity index (χ0) is 14.2. The van der Waals surface area contributed by atoms with Crippen LogP contribution >= 0.6 is 0 Å². The molecule has 104 valence electrons. The van der Waals surface area contributed by atoms with Gasteiger partial charge in [-0.1, -0.05) is 30.3 Å². The third kappa shape index (κ3) is 2.03. The zero-order valence-electron chi connectivity index (χ0n) is 11.2. The van der Waals surface area contributed by atoms with Crippen molar-refractivity contribution in [2.75, 3.05) is 5.32 Å². The summed E-state index contributed by atoms with van der Waals surface area (Å²) in [5.41, 5.74) is 2.60. The first-order valence-corrected chi connectivity index (χ1v) is 6.79. The van der Waals surface area contributed by atoms with E-state index in [1.807, 2.05) is 42.5 Å². The highest BCUT2D eigenvalue weighted by Gasteiger charge is 2.29. The van der Waals surface area contributed by atoms with Crippen molar-refractivity contribution in [3.8, 4) is 5.75 Å². The Morgan fingerprint density at radius 3 is 3.05 bits per heavy atom. The average Bonchev–Trinajstić information content (AvgIpc) is 3.14. The van der Waals surface area contributed by atoms with Crippen molar-refractivity contribution in [3.63, 3.8) is 0 Å². The van der Waals surface area contributed by atoms with Gasteiger partial charge in [0.25, 0.3) is 5.91 Å². The third-order valence-electron chi connectivity index (χ3n) is 3.67. The number of anilines is 1. The molecule has 2 N–H and O–H groups in total. The Morgan fingerprint density at radius 1 is 1.24 bits per heavy atom. The van der Waals surface area contributed by atoms with Crippen molar-refractivity contribution < 1.29 is 9.53 Å². The van der Waals surface area contributed by atoms with Crippen LogP contribution in [0.5, 0.6) is 5.75 Å². The van der Waals surface area contributed by atoms with Crippen LogP contribution in [-0.2, 0) is 11.2 Å². The summed E-state index contributed by atoms with van der Waals surface area (Å²) in [6.45, 7) is 0. The number of fused-ring (bicyclic) bond motifs is 2. The number of para-hydroxylation sites is 2. The third-order valence-corrected chi connectivity index (χ3v) is 3.67. The Labute approximate surface area is 120 Å². The first-order chi connectivity index (χ1) is 10.3. The van der Waals surface area contributed by atoms with Crippen molar-refractivity contribution in [2.45, 2.75) is 12.5 Å². The number of aromatic amines is 1. The number of benzene rings is 2. The lowest BCUT2D eigenvalue weighted by molar-refractivity contribution is -0.122. The van der Waals surface area contributed by atoms with Crippen LogP contribution in [0.25, 0.3) is 10.9 Å². The molecule has 2 heterocycles. The SMILES string of the molecule is O=C(Nc1cccc2cn[nH]c12)[C@@H]1Cc2ccccc2O1. The van der Waals surface area contributed by atoms with Gasteiger partial charge in [0.1, 0.15) is 5.75 Å². The second-order valence-corrected chi connectivity index (χ2v) is 5.05. The van der Waals surface area contributed by atoms with Gasteiger partial charge in [0.2, 0.25) is 0 Å². The van der Waals surface area contributed by atoms with Crippen LogP contribution in [0.4, 0.5) is 5.69 Å². The van der Waals surface area contributed by atoms with Crippen LogP contribution in [-0.4, -0.2) is 22.2 Å². The topological polar surface area (TPSA) is 67.0 Å². The summed E-state index contributed by atoms with van der Waals surface area (Å²) in [5, 5.41) is 10.8. The number of nitrogens with one attached hydrogen (secondary N) is 2. The summed E-state index contributed by atoms with van der Waals surface area (Å²) < 4.78 is 5.70. The Morgan fingerprint density at radius 2 is 2.14 bits per heavy atom. The quantitative estimate of drug-likeness (QED) is 0.757. The van der Waals surface area contributed by atoms with Gasteiger partial charge in [-0.3, -0.25) is 9.89 Å². The predicted molar refractivity (Wildman–Crippen MR) is 79.3 cm³/mol. The summed E-state index contributed by atoms with van der Waals surface area (Å²) in [7, 11) is 0. The van der Waals surface area contributed by atoms with E-state index in [0.29, 0.717) is 6.42 Å². The number of nitrogens with zero attached hydrogens (tertiary/aromatic N) is 1. The van der Waals surface area contributed by atoms with Crippen LogP contribution in [0.2, 0.25) is 0 Å². The van der Waals surface area contributed by atoms with E-state index >= 15 is 0 Å². The van der Waals surface area contributed by atoms with E-state index in [9.17, 15) is 4.79 Å². The fourth-order valence-corrected chi connectivity index (χ4v) is 2.61. The van der Waals surface area contributed by atoms with E-state index in [1.165, 1.54) is 0 Å². The normalized spacial score (nSPS) is 16.5. The number of hydrogen-bond acceptors (Lipinski definition) is 3. The zero-order valence-corrected chi connectivity index (χ0v) is 11.2. The van der Waals surface area contributed by atoms with Gasteiger partial charge in [-0.25, -0.2) is 0 Å². The van der Waals surface area contributed by atoms with Gasteiger partial charge in [0.15, 0.2) is 6.10 Å². The highest BCUT2D eigenvalue weighted by molar-refractivity contribution is 6.02. The van der Waals surface area contributed by atoms with E-state index in [-0.39, 0.29) is 5.91 Å². The van der Waals surface area contributed by atoms with Gasteiger partial charge < -0.3 is 10.1 Å². The van der Waals surface area contributed by atoms with Crippen molar-refractivity contribution in [2.24, 2.45) is 0 Å². The molecule has 1 atom stereocenters. The number of ether oxygens (including phenoxy) is 1. The number of aromatic nitrogens is 2. The number of carbonyl (C=O) groups is 1. The number of carbonyl (C=O) groups excluding carboxylic acids is 1. The molecule has 1 aliphatic heterocycles. The molecule has 5 nitrogen and oxygen atoms in total. The molecule has 0 spiro atoms. The highest BCUT2D eigenvalue weighted by atomic mass is 16.5. The van der Waals surface area contributed by atoms with Crippen molar-refractivity contribution >= 4 is 22.5 Å². The summed E-state index contributed by atoms with van der Waals surface area (Å²) >= 11 is 0. The van der Waals surface area contributed by atoms with Crippen molar-refractivity contribution in [3.05, 3.63) is 54.2 Å². The summed E-state index contributed by atoms with van der Waals surface area (Å²) in [6, 6.07) is 13.4. The highest BCUT2D eigenvalue weighted by Crippen LogP contribution is 2.29. The fourth-order valence-electron chi connectivity index (χ4n) is 2.61. The Kier molecular flexibility index (Phi) is 2.64. The lowest BCUT2D eigenvalue weighted by Crippen LogP contribution is -2.31.